The lowest BCUT2D eigenvalue weighted by Gasteiger charge is -2.63. The first-order chi connectivity index (χ1) is 29.6. The van der Waals surface area contributed by atoms with Gasteiger partial charge in [0.1, 0.15) is 16.9 Å². The molecular weight excluding hydrogens is 793 g/mol. The summed E-state index contributed by atoms with van der Waals surface area (Å²) in [5.41, 5.74) is -2.27. The molecule has 2 aromatic carbocycles. The number of methoxy groups -OCH3 is 3. The number of aliphatic hydroxyl groups is 2. The number of ketones is 1. The number of para-hydroxylation sites is 1. The van der Waals surface area contributed by atoms with Crippen molar-refractivity contribution in [1.82, 2.24) is 14.8 Å². The zero-order chi connectivity index (χ0) is 44.1. The van der Waals surface area contributed by atoms with Crippen molar-refractivity contribution in [3.05, 3.63) is 70.9 Å². The van der Waals surface area contributed by atoms with Gasteiger partial charge in [0, 0.05) is 97.4 Å². The number of esters is 3. The van der Waals surface area contributed by atoms with E-state index < -0.39 is 57.5 Å². The van der Waals surface area contributed by atoms with Gasteiger partial charge in [-0.05, 0) is 81.2 Å². The number of carbonyl (C=O) groups is 4. The van der Waals surface area contributed by atoms with Crippen LogP contribution in [-0.4, -0.2) is 139 Å². The summed E-state index contributed by atoms with van der Waals surface area (Å²) in [5, 5.41) is 26.6. The highest BCUT2D eigenvalue weighted by molar-refractivity contribution is 5.95. The first kappa shape index (κ1) is 42.5. The molecule has 1 aliphatic carbocycles. The van der Waals surface area contributed by atoms with Gasteiger partial charge in [-0.15, -0.1) is 0 Å². The molecule has 9 rings (SSSR count). The van der Waals surface area contributed by atoms with E-state index in [0.717, 1.165) is 22.0 Å². The average molecular weight is 853 g/mol. The monoisotopic (exact) mass is 852 g/mol. The normalized spacial score (nSPS) is 35.7. The lowest BCUT2D eigenvalue weighted by Crippen LogP contribution is -2.81. The first-order valence-electron chi connectivity index (χ1n) is 22.1. The van der Waals surface area contributed by atoms with Crippen molar-refractivity contribution >= 4 is 40.3 Å². The predicted octanol–water partition coefficient (Wildman–Crippen LogP) is 3.95. The summed E-state index contributed by atoms with van der Waals surface area (Å²) in [7, 11) is 6.07. The molecule has 2 bridgehead atoms. The Balaban J connectivity index is 1.34. The molecule has 0 radical (unpaired) electrons. The van der Waals surface area contributed by atoms with Gasteiger partial charge < -0.3 is 43.8 Å². The van der Waals surface area contributed by atoms with E-state index in [0.29, 0.717) is 87.5 Å². The number of hydrogen-bond acceptors (Lipinski definition) is 13. The van der Waals surface area contributed by atoms with Crippen LogP contribution in [0, 0.1) is 11.3 Å². The molecule has 3 fully saturated rings. The van der Waals surface area contributed by atoms with E-state index in [1.165, 1.54) is 21.1 Å². The summed E-state index contributed by atoms with van der Waals surface area (Å²) in [6, 6.07) is 10.7. The standard InChI is InChI=1S/C48H60N4O10/c1-8-45-16-11-19-52-21-18-46(39(45)52)33-22-34(37(59-5)23-36(33)50(4)40(46)48(58,43(56)61-7)41(45)62-29(3)54)47(42(55)60-6)25-30-24-44(57,17-14-28(2)53)27-51(26-30)20-15-32-31-12-9-10-13-35(31)49-38(32)47/h9-13,16,22-23,30,39-41,49,57-58H,8,14-15,17-21,24-27H2,1-7H3/t30-,39-,40+,41+,44-,45+,46+,47-,48-/m0/s1. The second-order valence-corrected chi connectivity index (χ2v) is 19.1. The molecule has 0 amide bonds. The van der Waals surface area contributed by atoms with Crippen LogP contribution in [0.2, 0.25) is 0 Å². The number of piperidine rings is 1. The number of rotatable bonds is 9. The van der Waals surface area contributed by atoms with E-state index in [-0.39, 0.29) is 30.6 Å². The fraction of sp³-hybridized carbons (Fsp3) is 0.583. The quantitative estimate of drug-likeness (QED) is 0.161. The molecule has 1 spiro atoms. The highest BCUT2D eigenvalue weighted by Crippen LogP contribution is 2.68. The Kier molecular flexibility index (Phi) is 10.2. The number of fused-ring (bicyclic) bond motifs is 6. The Morgan fingerprint density at radius 3 is 2.40 bits per heavy atom. The van der Waals surface area contributed by atoms with Crippen LogP contribution in [0.4, 0.5) is 5.69 Å². The zero-order valence-corrected chi connectivity index (χ0v) is 36.9. The van der Waals surface area contributed by atoms with E-state index in [9.17, 15) is 24.6 Å². The van der Waals surface area contributed by atoms with Crippen LogP contribution in [0.1, 0.15) is 81.7 Å². The minimum atomic E-state index is -2.33. The van der Waals surface area contributed by atoms with Gasteiger partial charge in [0.25, 0.3) is 0 Å². The van der Waals surface area contributed by atoms with Crippen molar-refractivity contribution in [3.63, 3.8) is 0 Å². The van der Waals surface area contributed by atoms with Crippen LogP contribution in [0.3, 0.4) is 0 Å². The van der Waals surface area contributed by atoms with Gasteiger partial charge in [-0.2, -0.15) is 0 Å². The molecule has 1 aromatic heterocycles. The number of aromatic amines is 1. The van der Waals surface area contributed by atoms with Gasteiger partial charge in [0.05, 0.1) is 33.0 Å². The number of nitrogens with one attached hydrogen (secondary N) is 1. The van der Waals surface area contributed by atoms with Gasteiger partial charge in [0.2, 0.25) is 5.60 Å². The maximum absolute atomic E-state index is 15.4. The van der Waals surface area contributed by atoms with Crippen molar-refractivity contribution in [1.29, 1.82) is 0 Å². The van der Waals surface area contributed by atoms with E-state index >= 15 is 4.79 Å². The third kappa shape index (κ3) is 5.74. The van der Waals surface area contributed by atoms with Crippen molar-refractivity contribution < 1.29 is 48.3 Å². The molecule has 14 heteroatoms. The molecule has 2 saturated heterocycles. The van der Waals surface area contributed by atoms with Crippen molar-refractivity contribution in [2.24, 2.45) is 11.3 Å². The summed E-state index contributed by atoms with van der Waals surface area (Å²) >= 11 is 0. The third-order valence-corrected chi connectivity index (χ3v) is 15.9. The van der Waals surface area contributed by atoms with Gasteiger partial charge in [-0.3, -0.25) is 19.4 Å². The fourth-order valence-electron chi connectivity index (χ4n) is 13.8. The average Bonchev–Trinajstić information content (AvgIpc) is 3.92. The summed E-state index contributed by atoms with van der Waals surface area (Å²) in [5.74, 6) is -1.79. The Morgan fingerprint density at radius 2 is 1.71 bits per heavy atom. The summed E-state index contributed by atoms with van der Waals surface area (Å²) in [6.07, 6.45) is 5.53. The van der Waals surface area contributed by atoms with Gasteiger partial charge in [-0.1, -0.05) is 37.3 Å². The Labute approximate surface area is 362 Å². The number of ether oxygens (including phenoxy) is 4. The molecule has 332 valence electrons. The highest BCUT2D eigenvalue weighted by atomic mass is 16.6. The topological polar surface area (TPSA) is 171 Å². The second-order valence-electron chi connectivity index (χ2n) is 19.1. The minimum absolute atomic E-state index is 0.0133. The van der Waals surface area contributed by atoms with Gasteiger partial charge >= 0.3 is 17.9 Å². The van der Waals surface area contributed by atoms with Crippen molar-refractivity contribution in [2.75, 3.05) is 66.0 Å². The number of hydrogen-bond donors (Lipinski definition) is 3. The highest BCUT2D eigenvalue weighted by Gasteiger charge is 2.80. The van der Waals surface area contributed by atoms with Gasteiger partial charge in [-0.25, -0.2) is 4.79 Å². The number of Topliss-reactive ketones (excluding diaryl/α,β-unsaturated/α-hetero) is 1. The van der Waals surface area contributed by atoms with Crippen molar-refractivity contribution in [3.8, 4) is 5.75 Å². The number of benzene rings is 2. The van der Waals surface area contributed by atoms with Crippen LogP contribution in [-0.2, 0) is 50.6 Å². The third-order valence-electron chi connectivity index (χ3n) is 15.9. The zero-order valence-electron chi connectivity index (χ0n) is 36.9. The molecule has 3 aromatic rings. The molecule has 14 nitrogen and oxygen atoms in total. The number of H-pyrrole nitrogens is 1. The molecular formula is C48H60N4O10. The number of aromatic nitrogens is 1. The van der Waals surface area contributed by atoms with Gasteiger partial charge in [0.15, 0.2) is 6.10 Å². The second kappa shape index (κ2) is 14.9. The summed E-state index contributed by atoms with van der Waals surface area (Å²) in [6.45, 7) is 7.77. The molecule has 1 unspecified atom stereocenters. The minimum Gasteiger partial charge on any atom is -0.496 e. The largest absolute Gasteiger partial charge is 0.496 e. The molecule has 10 atom stereocenters. The van der Waals surface area contributed by atoms with Crippen LogP contribution >= 0.6 is 0 Å². The van der Waals surface area contributed by atoms with Crippen LogP contribution < -0.4 is 9.64 Å². The van der Waals surface area contributed by atoms with Crippen LogP contribution in [0.25, 0.3) is 10.9 Å². The predicted molar refractivity (Wildman–Crippen MR) is 230 cm³/mol. The maximum atomic E-state index is 15.4. The fourth-order valence-corrected chi connectivity index (χ4v) is 13.8. The number of anilines is 1. The molecule has 62 heavy (non-hydrogen) atoms. The van der Waals surface area contributed by atoms with E-state index in [4.69, 9.17) is 18.9 Å². The van der Waals surface area contributed by atoms with Crippen LogP contribution in [0.5, 0.6) is 5.75 Å². The SMILES string of the molecule is CC[C@]12C=CCN3CC[C@@]4(c5cc([C@@]6(C(=O)OC)C[C@H]7CN(CCc8c6[nH]c6ccccc86)C[C@](O)(CCC(C)=O)C7)c(OC)cc5N(C)[C@H]4[C@@](O)(C(=O)OC)[C@@H]1OC(C)=O)[C@@H]32. The number of likely N-dealkylation sites (N-methyl/N-ethyl adjacent to an activating group) is 1. The lowest BCUT2D eigenvalue weighted by molar-refractivity contribution is -0.228. The van der Waals surface area contributed by atoms with E-state index in [1.54, 1.807) is 14.0 Å². The number of carbonyl (C=O) groups excluding carboxylic acids is 4. The first-order valence-corrected chi connectivity index (χ1v) is 22.1. The van der Waals surface area contributed by atoms with E-state index in [2.05, 4.69) is 26.9 Å². The molecule has 6 heterocycles. The Morgan fingerprint density at radius 1 is 0.952 bits per heavy atom. The smallest absolute Gasteiger partial charge is 0.344 e. The Bertz CT molecular complexity index is 2380. The number of nitrogens with zero attached hydrogens (tertiary/aromatic N) is 3. The van der Waals surface area contributed by atoms with Crippen LogP contribution in [0.15, 0.2) is 48.6 Å². The summed E-state index contributed by atoms with van der Waals surface area (Å²) < 4.78 is 24.0. The molecule has 6 aliphatic rings. The molecule has 1 saturated carbocycles. The summed E-state index contributed by atoms with van der Waals surface area (Å²) in [4.78, 5) is 65.5. The Hall–Kier alpha value is -4.76. The molecule has 3 N–H and O–H groups in total. The lowest BCUT2D eigenvalue weighted by atomic mass is 9.47. The molecule has 5 aliphatic heterocycles. The van der Waals surface area contributed by atoms with E-state index in [1.807, 2.05) is 55.3 Å². The van der Waals surface area contributed by atoms with Crippen molar-refractivity contribution in [2.45, 2.75) is 106 Å². The maximum Gasteiger partial charge on any atom is 0.344 e.